The van der Waals surface area contributed by atoms with Gasteiger partial charge in [0.25, 0.3) is 0 Å². The highest BCUT2D eigenvalue weighted by atomic mass is 16.7. The summed E-state index contributed by atoms with van der Waals surface area (Å²) in [4.78, 5) is 35.9. The van der Waals surface area contributed by atoms with Gasteiger partial charge in [0.1, 0.15) is 11.9 Å². The number of hydrogen-bond acceptors (Lipinski definition) is 6. The second-order valence-corrected chi connectivity index (χ2v) is 12.2. The average molecular weight is 522 g/mol. The lowest BCUT2D eigenvalue weighted by atomic mass is 9.79. The number of imidazole rings is 1. The maximum atomic E-state index is 13.7. The van der Waals surface area contributed by atoms with Gasteiger partial charge in [0.05, 0.1) is 36.2 Å². The Morgan fingerprint density at radius 1 is 1.13 bits per heavy atom. The minimum atomic E-state index is -0.652. The van der Waals surface area contributed by atoms with Crippen molar-refractivity contribution in [2.24, 2.45) is 11.8 Å². The first-order chi connectivity index (χ1) is 17.9. The molecule has 10 heteroatoms. The van der Waals surface area contributed by atoms with E-state index in [0.29, 0.717) is 5.92 Å². The van der Waals surface area contributed by atoms with Crippen molar-refractivity contribution in [3.05, 3.63) is 36.3 Å². The largest absolute Gasteiger partial charge is 0.494 e. The van der Waals surface area contributed by atoms with Gasteiger partial charge in [-0.3, -0.25) is 4.79 Å². The van der Waals surface area contributed by atoms with Crippen LogP contribution < -0.4 is 10.8 Å². The Labute approximate surface area is 225 Å². The van der Waals surface area contributed by atoms with Crippen molar-refractivity contribution in [2.75, 3.05) is 7.11 Å². The van der Waals surface area contributed by atoms with Crippen LogP contribution in [0.5, 0.6) is 0 Å². The lowest BCUT2D eigenvalue weighted by Crippen LogP contribution is -2.54. The van der Waals surface area contributed by atoms with E-state index in [1.54, 1.807) is 0 Å². The molecule has 9 nitrogen and oxygen atoms in total. The molecular formula is C28H39BN4O5. The van der Waals surface area contributed by atoms with Crippen molar-refractivity contribution in [3.63, 3.8) is 0 Å². The van der Waals surface area contributed by atoms with Crippen LogP contribution in [0, 0.1) is 11.8 Å². The van der Waals surface area contributed by atoms with Crippen LogP contribution >= 0.6 is 0 Å². The summed E-state index contributed by atoms with van der Waals surface area (Å²) in [5.41, 5.74) is 2.08. The van der Waals surface area contributed by atoms with E-state index < -0.39 is 19.3 Å². The molecule has 5 rings (SSSR count). The maximum absolute atomic E-state index is 13.7. The number of alkyl carbamates (subject to hydrolysis) is 1. The zero-order chi connectivity index (χ0) is 27.4. The third-order valence-corrected chi connectivity index (χ3v) is 8.85. The molecule has 204 valence electrons. The Bertz CT molecular complexity index is 1180. The van der Waals surface area contributed by atoms with Gasteiger partial charge in [-0.2, -0.15) is 0 Å². The van der Waals surface area contributed by atoms with Gasteiger partial charge in [0.2, 0.25) is 5.91 Å². The number of carbonyl (C=O) groups excluding carboxylic acids is 2. The highest BCUT2D eigenvalue weighted by molar-refractivity contribution is 6.62. The van der Waals surface area contributed by atoms with Crippen molar-refractivity contribution in [1.29, 1.82) is 0 Å². The molecule has 2 amide bonds. The second kappa shape index (κ2) is 9.72. The molecule has 1 unspecified atom stereocenters. The number of H-pyrrole nitrogens is 1. The number of hydrogen-bond donors (Lipinski definition) is 2. The monoisotopic (exact) mass is 522 g/mol. The van der Waals surface area contributed by atoms with Gasteiger partial charge in [0, 0.05) is 6.04 Å². The van der Waals surface area contributed by atoms with Gasteiger partial charge in [0.15, 0.2) is 0 Å². The highest BCUT2D eigenvalue weighted by Crippen LogP contribution is 2.50. The number of likely N-dealkylation sites (tertiary alicyclic amines) is 1. The van der Waals surface area contributed by atoms with Crippen molar-refractivity contribution in [3.8, 4) is 11.3 Å². The third-order valence-electron chi connectivity index (χ3n) is 8.85. The summed E-state index contributed by atoms with van der Waals surface area (Å²) in [6.07, 6.45) is 4.24. The fraction of sp³-hybridized carbons (Fsp3) is 0.607. The molecule has 3 heterocycles. The summed E-state index contributed by atoms with van der Waals surface area (Å²) in [7, 11) is 0.900. The van der Waals surface area contributed by atoms with Gasteiger partial charge in [-0.1, -0.05) is 38.1 Å². The normalized spacial score (nSPS) is 26.2. The Morgan fingerprint density at radius 3 is 2.39 bits per heavy atom. The highest BCUT2D eigenvalue weighted by Gasteiger charge is 2.52. The zero-order valence-corrected chi connectivity index (χ0v) is 23.4. The van der Waals surface area contributed by atoms with E-state index in [0.717, 1.165) is 41.8 Å². The summed E-state index contributed by atoms with van der Waals surface area (Å²) in [6, 6.07) is 7.49. The topological polar surface area (TPSA) is 106 Å². The minimum absolute atomic E-state index is 0.0731. The van der Waals surface area contributed by atoms with Crippen molar-refractivity contribution in [1.82, 2.24) is 20.2 Å². The summed E-state index contributed by atoms with van der Waals surface area (Å²) in [6.45, 7) is 12.1. The van der Waals surface area contributed by atoms with Gasteiger partial charge in [-0.25, -0.2) is 9.78 Å². The molecule has 3 fully saturated rings. The molecule has 3 aliphatic rings. The Morgan fingerprint density at radius 2 is 1.79 bits per heavy atom. The minimum Gasteiger partial charge on any atom is -0.453 e. The maximum Gasteiger partial charge on any atom is 0.494 e. The molecule has 2 N–H and O–H groups in total. The number of amides is 2. The number of benzene rings is 1. The molecule has 38 heavy (non-hydrogen) atoms. The van der Waals surface area contributed by atoms with E-state index in [1.807, 2.05) is 76.9 Å². The fourth-order valence-electron chi connectivity index (χ4n) is 5.95. The lowest BCUT2D eigenvalue weighted by Gasteiger charge is -2.37. The van der Waals surface area contributed by atoms with E-state index in [4.69, 9.17) is 19.0 Å². The number of ether oxygens (including phenoxy) is 1. The van der Waals surface area contributed by atoms with E-state index in [2.05, 4.69) is 10.3 Å². The van der Waals surface area contributed by atoms with Crippen LogP contribution in [0.25, 0.3) is 11.3 Å². The number of carbonyl (C=O) groups is 2. The van der Waals surface area contributed by atoms with E-state index in [-0.39, 0.29) is 35.1 Å². The smallest absolute Gasteiger partial charge is 0.453 e. The second-order valence-electron chi connectivity index (χ2n) is 12.2. The third kappa shape index (κ3) is 4.62. The number of piperidine rings is 1. The number of methoxy groups -OCH3 is 1. The standard InChI is InChI=1S/C28H39BN4O5/c1-16(2)22(32-26(35)36-7)25(34)33-20-13-10-18(14-20)23(33)24-30-15-21(31-24)17-8-11-19(12-9-17)29-37-27(3,4)28(5,6)38-29/h8-9,11-12,15-16,18,20,22-23H,10,13-14H2,1-7H3,(H,30,31)(H,32,35)/t18?,20-,22+,23+/m1/s1. The number of nitrogens with one attached hydrogen (secondary N) is 2. The quantitative estimate of drug-likeness (QED) is 0.559. The number of fused-ring (bicyclic) bond motifs is 2. The first-order valence-corrected chi connectivity index (χ1v) is 13.6. The molecule has 2 saturated heterocycles. The van der Waals surface area contributed by atoms with Crippen LogP contribution in [-0.2, 0) is 18.8 Å². The van der Waals surface area contributed by atoms with Crippen LogP contribution in [0.2, 0.25) is 0 Å². The van der Waals surface area contributed by atoms with E-state index in [9.17, 15) is 9.59 Å². The summed E-state index contributed by atoms with van der Waals surface area (Å²) < 4.78 is 17.1. The summed E-state index contributed by atoms with van der Waals surface area (Å²) in [5, 5.41) is 2.74. The van der Waals surface area contributed by atoms with Gasteiger partial charge >= 0.3 is 13.2 Å². The van der Waals surface area contributed by atoms with Crippen molar-refractivity contribution in [2.45, 2.75) is 90.1 Å². The molecule has 1 aromatic heterocycles. The lowest BCUT2D eigenvalue weighted by molar-refractivity contribution is -0.139. The van der Waals surface area contributed by atoms with Gasteiger partial charge < -0.3 is 29.2 Å². The Hall–Kier alpha value is -2.85. The Kier molecular flexibility index (Phi) is 6.84. The van der Waals surface area contributed by atoms with Crippen LogP contribution in [0.15, 0.2) is 30.5 Å². The molecule has 2 aliphatic heterocycles. The molecule has 1 aromatic carbocycles. The SMILES string of the molecule is COC(=O)N[C@H](C(=O)N1[C@@H]2CCC(C2)[C@H]1c1ncc(-c2ccc(B3OC(C)(C)C(C)(C)O3)cc2)[nH]1)C(C)C. The zero-order valence-electron chi connectivity index (χ0n) is 23.4. The van der Waals surface area contributed by atoms with Crippen LogP contribution in [-0.4, -0.2) is 64.4 Å². The first-order valence-electron chi connectivity index (χ1n) is 13.6. The van der Waals surface area contributed by atoms with Crippen LogP contribution in [0.4, 0.5) is 4.79 Å². The molecule has 0 spiro atoms. The number of rotatable bonds is 6. The van der Waals surface area contributed by atoms with Gasteiger partial charge in [-0.05, 0) is 69.8 Å². The van der Waals surface area contributed by atoms with Crippen molar-refractivity contribution < 1.29 is 23.6 Å². The van der Waals surface area contributed by atoms with E-state index in [1.165, 1.54) is 7.11 Å². The summed E-state index contributed by atoms with van der Waals surface area (Å²) >= 11 is 0. The van der Waals surface area contributed by atoms with E-state index >= 15 is 0 Å². The van der Waals surface area contributed by atoms with Gasteiger partial charge in [-0.15, -0.1) is 0 Å². The average Bonchev–Trinajstić information content (AvgIpc) is 3.65. The molecule has 0 radical (unpaired) electrons. The fourth-order valence-corrected chi connectivity index (χ4v) is 5.95. The predicted molar refractivity (Wildman–Crippen MR) is 145 cm³/mol. The first kappa shape index (κ1) is 26.7. The number of aromatic amines is 1. The number of nitrogens with zero attached hydrogens (tertiary/aromatic N) is 2. The van der Waals surface area contributed by atoms with Crippen LogP contribution in [0.3, 0.4) is 0 Å². The number of aromatic nitrogens is 2. The van der Waals surface area contributed by atoms with Crippen LogP contribution in [0.1, 0.15) is 72.7 Å². The molecule has 1 aliphatic carbocycles. The molecule has 4 atom stereocenters. The molecule has 2 bridgehead atoms. The van der Waals surface area contributed by atoms with Crippen molar-refractivity contribution >= 4 is 24.6 Å². The predicted octanol–water partition coefficient (Wildman–Crippen LogP) is 3.81. The Balaban J connectivity index is 1.35. The molecule has 2 aromatic rings. The molecule has 1 saturated carbocycles. The molecular weight excluding hydrogens is 483 g/mol. The summed E-state index contributed by atoms with van der Waals surface area (Å²) in [5.74, 6) is 0.985.